The molecule has 0 radical (unpaired) electrons. The Balaban J connectivity index is 1.14. The van der Waals surface area contributed by atoms with Crippen LogP contribution in [-0.2, 0) is 11.3 Å². The molecule has 0 spiro atoms. The molecule has 4 heteroatoms. The van der Waals surface area contributed by atoms with Crippen LogP contribution in [0.2, 0.25) is 5.02 Å². The fourth-order valence-corrected chi connectivity index (χ4v) is 6.94. The van der Waals surface area contributed by atoms with Crippen molar-refractivity contribution < 1.29 is 4.79 Å². The maximum Gasteiger partial charge on any atom is 0.226 e. The zero-order valence-corrected chi connectivity index (χ0v) is 16.9. The van der Waals surface area contributed by atoms with Crippen molar-refractivity contribution in [1.82, 2.24) is 10.2 Å². The van der Waals surface area contributed by atoms with Crippen molar-refractivity contribution in [2.24, 2.45) is 23.2 Å². The average Bonchev–Trinajstić information content (AvgIpc) is 2.64. The van der Waals surface area contributed by atoms with Crippen LogP contribution < -0.4 is 5.32 Å². The molecule has 1 heterocycles. The van der Waals surface area contributed by atoms with Crippen molar-refractivity contribution in [3.05, 3.63) is 34.9 Å². The standard InChI is InChI=1S/C23H31ClN2O/c24-20-3-1-16(2-4-20)15-26-7-5-21(6-8-26)25-22(27)23-12-17-9-18(13-23)11-19(10-17)14-23/h1-4,17-19,21H,5-15H2,(H,25,27). The van der Waals surface area contributed by atoms with Crippen LogP contribution in [-0.4, -0.2) is 29.9 Å². The quantitative estimate of drug-likeness (QED) is 0.817. The van der Waals surface area contributed by atoms with E-state index in [-0.39, 0.29) is 5.41 Å². The first kappa shape index (κ1) is 18.0. The van der Waals surface area contributed by atoms with E-state index in [1.165, 1.54) is 44.1 Å². The van der Waals surface area contributed by atoms with E-state index >= 15 is 0 Å². The van der Waals surface area contributed by atoms with Gasteiger partial charge in [-0.2, -0.15) is 0 Å². The van der Waals surface area contributed by atoms with Gasteiger partial charge < -0.3 is 5.32 Å². The first-order valence-electron chi connectivity index (χ1n) is 10.9. The van der Waals surface area contributed by atoms with Crippen molar-refractivity contribution in [2.45, 2.75) is 64.0 Å². The third-order valence-corrected chi connectivity index (χ3v) is 8.01. The van der Waals surface area contributed by atoms with Gasteiger partial charge in [-0.25, -0.2) is 0 Å². The second kappa shape index (κ2) is 7.08. The van der Waals surface area contributed by atoms with Gasteiger partial charge in [0.15, 0.2) is 0 Å². The number of rotatable bonds is 4. The van der Waals surface area contributed by atoms with E-state index in [1.807, 2.05) is 12.1 Å². The summed E-state index contributed by atoms with van der Waals surface area (Å²) in [4.78, 5) is 15.7. The number of nitrogens with zero attached hydrogens (tertiary/aromatic N) is 1. The van der Waals surface area contributed by atoms with Crippen molar-refractivity contribution >= 4 is 17.5 Å². The van der Waals surface area contributed by atoms with E-state index in [4.69, 9.17) is 11.6 Å². The molecule has 3 nitrogen and oxygen atoms in total. The average molecular weight is 387 g/mol. The fourth-order valence-electron chi connectivity index (χ4n) is 6.81. The Morgan fingerprint density at radius 3 is 2.11 bits per heavy atom. The number of hydrogen-bond acceptors (Lipinski definition) is 2. The normalized spacial score (nSPS) is 36.1. The zero-order chi connectivity index (χ0) is 18.4. The maximum absolute atomic E-state index is 13.2. The van der Waals surface area contributed by atoms with Gasteiger partial charge in [0.2, 0.25) is 5.91 Å². The summed E-state index contributed by atoms with van der Waals surface area (Å²) in [6, 6.07) is 8.53. The zero-order valence-electron chi connectivity index (χ0n) is 16.1. The summed E-state index contributed by atoms with van der Waals surface area (Å²) < 4.78 is 0. The Bertz CT molecular complexity index is 658. The predicted octanol–water partition coefficient (Wildman–Crippen LogP) is 4.64. The van der Waals surface area contributed by atoms with Crippen LogP contribution >= 0.6 is 11.6 Å². The minimum Gasteiger partial charge on any atom is -0.353 e. The molecule has 1 aromatic rings. The molecule has 146 valence electrons. The van der Waals surface area contributed by atoms with Gasteiger partial charge in [-0.05, 0) is 86.8 Å². The third-order valence-electron chi connectivity index (χ3n) is 7.76. The lowest BCUT2D eigenvalue weighted by Gasteiger charge is -2.56. The van der Waals surface area contributed by atoms with Gasteiger partial charge >= 0.3 is 0 Å². The SMILES string of the molecule is O=C(NC1CCN(Cc2ccc(Cl)cc2)CC1)C12CC3CC(CC(C3)C1)C2. The molecule has 1 amide bonds. The summed E-state index contributed by atoms with van der Waals surface area (Å²) in [7, 11) is 0. The molecule has 6 rings (SSSR count). The van der Waals surface area contributed by atoms with Crippen LogP contribution in [0.15, 0.2) is 24.3 Å². The molecule has 1 aliphatic heterocycles. The minimum atomic E-state index is -0.00477. The van der Waals surface area contributed by atoms with Crippen LogP contribution in [0.4, 0.5) is 0 Å². The Morgan fingerprint density at radius 1 is 1.00 bits per heavy atom. The summed E-state index contributed by atoms with van der Waals surface area (Å²) >= 11 is 5.98. The number of amides is 1. The molecule has 1 N–H and O–H groups in total. The summed E-state index contributed by atoms with van der Waals surface area (Å²) in [6.45, 7) is 3.11. The molecule has 0 atom stereocenters. The Kier molecular flexibility index (Phi) is 4.72. The molecule has 4 saturated carbocycles. The van der Waals surface area contributed by atoms with Crippen LogP contribution in [0.3, 0.4) is 0 Å². The van der Waals surface area contributed by atoms with E-state index in [0.717, 1.165) is 55.3 Å². The summed E-state index contributed by atoms with van der Waals surface area (Å²) in [5.74, 6) is 2.91. The molecule has 4 aliphatic carbocycles. The van der Waals surface area contributed by atoms with Gasteiger partial charge in [0.25, 0.3) is 0 Å². The highest BCUT2D eigenvalue weighted by Crippen LogP contribution is 2.60. The molecule has 0 aromatic heterocycles. The van der Waals surface area contributed by atoms with E-state index in [1.54, 1.807) is 0 Å². The Morgan fingerprint density at radius 2 is 1.56 bits per heavy atom. The van der Waals surface area contributed by atoms with Crippen LogP contribution in [0.5, 0.6) is 0 Å². The van der Waals surface area contributed by atoms with Gasteiger partial charge in [0.05, 0.1) is 0 Å². The van der Waals surface area contributed by atoms with Crippen molar-refractivity contribution in [3.8, 4) is 0 Å². The molecule has 0 unspecified atom stereocenters. The van der Waals surface area contributed by atoms with Gasteiger partial charge in [0.1, 0.15) is 0 Å². The lowest BCUT2D eigenvalue weighted by molar-refractivity contribution is -0.147. The Labute approximate surface area is 167 Å². The lowest BCUT2D eigenvalue weighted by Crippen LogP contribution is -2.56. The number of nitrogens with one attached hydrogen (secondary N) is 1. The second-order valence-electron chi connectivity index (χ2n) is 9.85. The van der Waals surface area contributed by atoms with Crippen molar-refractivity contribution in [3.63, 3.8) is 0 Å². The number of hydrogen-bond donors (Lipinski definition) is 1. The van der Waals surface area contributed by atoms with E-state index < -0.39 is 0 Å². The van der Waals surface area contributed by atoms with Gasteiger partial charge in [0, 0.05) is 36.1 Å². The topological polar surface area (TPSA) is 32.3 Å². The first-order valence-corrected chi connectivity index (χ1v) is 11.2. The van der Waals surface area contributed by atoms with E-state index in [2.05, 4.69) is 22.3 Å². The third kappa shape index (κ3) is 3.65. The molecule has 27 heavy (non-hydrogen) atoms. The summed E-state index contributed by atoms with van der Waals surface area (Å²) in [5, 5.41) is 4.28. The van der Waals surface area contributed by atoms with Gasteiger partial charge in [-0.15, -0.1) is 0 Å². The number of likely N-dealkylation sites (tertiary alicyclic amines) is 1. The molecule has 5 aliphatic rings. The fraction of sp³-hybridized carbons (Fsp3) is 0.696. The summed E-state index contributed by atoms with van der Waals surface area (Å²) in [5.41, 5.74) is 1.31. The number of piperidine rings is 1. The first-order chi connectivity index (χ1) is 13.1. The smallest absolute Gasteiger partial charge is 0.226 e. The molecule has 4 bridgehead atoms. The van der Waals surface area contributed by atoms with E-state index in [9.17, 15) is 4.79 Å². The Hall–Kier alpha value is -1.06. The van der Waals surface area contributed by atoms with Gasteiger partial charge in [-0.1, -0.05) is 23.7 Å². The number of benzene rings is 1. The van der Waals surface area contributed by atoms with Crippen molar-refractivity contribution in [2.75, 3.05) is 13.1 Å². The molecule has 5 fully saturated rings. The minimum absolute atomic E-state index is 0.00477. The number of carbonyl (C=O) groups excluding carboxylic acids is 1. The van der Waals surface area contributed by atoms with Crippen LogP contribution in [0.25, 0.3) is 0 Å². The predicted molar refractivity (Wildman–Crippen MR) is 108 cm³/mol. The van der Waals surface area contributed by atoms with E-state index in [0.29, 0.717) is 11.9 Å². The molecular formula is C23H31ClN2O. The second-order valence-corrected chi connectivity index (χ2v) is 10.3. The highest BCUT2D eigenvalue weighted by atomic mass is 35.5. The van der Waals surface area contributed by atoms with Gasteiger partial charge in [-0.3, -0.25) is 9.69 Å². The van der Waals surface area contributed by atoms with Crippen LogP contribution in [0, 0.1) is 23.2 Å². The largest absolute Gasteiger partial charge is 0.353 e. The molecule has 1 saturated heterocycles. The number of halogens is 1. The maximum atomic E-state index is 13.2. The summed E-state index contributed by atoms with van der Waals surface area (Å²) in [6.07, 6.45) is 9.85. The lowest BCUT2D eigenvalue weighted by atomic mass is 9.49. The molecule has 1 aromatic carbocycles. The molecular weight excluding hydrogens is 356 g/mol. The number of carbonyl (C=O) groups is 1. The monoisotopic (exact) mass is 386 g/mol. The highest BCUT2D eigenvalue weighted by Gasteiger charge is 2.54. The van der Waals surface area contributed by atoms with Crippen LogP contribution in [0.1, 0.15) is 56.9 Å². The van der Waals surface area contributed by atoms with Crippen molar-refractivity contribution in [1.29, 1.82) is 0 Å². The highest BCUT2D eigenvalue weighted by molar-refractivity contribution is 6.30.